The molecule has 0 bridgehead atoms. The number of hydrogen-bond donors (Lipinski definition) is 0. The molecule has 0 atom stereocenters. The summed E-state index contributed by atoms with van der Waals surface area (Å²) in [5.74, 6) is 0.933. The molecule has 1 aromatic heterocycles. The van der Waals surface area contributed by atoms with Gasteiger partial charge in [0.25, 0.3) is 5.89 Å². The molecule has 0 amide bonds. The molecule has 0 N–H and O–H groups in total. The molecule has 0 saturated heterocycles. The van der Waals surface area contributed by atoms with Crippen molar-refractivity contribution in [3.05, 3.63) is 34.1 Å². The summed E-state index contributed by atoms with van der Waals surface area (Å²) in [7, 11) is 0. The molecular formula is C9H5Cl3N2O. The molecule has 78 valence electrons. The standard InChI is InChI=1S/C9H5Cl3N2O/c10-4-7-13-9(15-14-7)5-2-1-3-6(11)8(5)12/h1-3H,4H2. The van der Waals surface area contributed by atoms with Crippen LogP contribution in [-0.4, -0.2) is 10.1 Å². The third kappa shape index (κ3) is 2.09. The fourth-order valence-electron chi connectivity index (χ4n) is 1.09. The number of nitrogens with zero attached hydrogens (tertiary/aromatic N) is 2. The quantitative estimate of drug-likeness (QED) is 0.774. The van der Waals surface area contributed by atoms with Gasteiger partial charge < -0.3 is 4.52 Å². The van der Waals surface area contributed by atoms with E-state index in [2.05, 4.69) is 10.1 Å². The summed E-state index contributed by atoms with van der Waals surface area (Å²) in [5, 5.41) is 4.50. The molecule has 3 nitrogen and oxygen atoms in total. The Bertz CT molecular complexity index is 484. The van der Waals surface area contributed by atoms with Gasteiger partial charge in [-0.15, -0.1) is 11.6 Å². The van der Waals surface area contributed by atoms with Gasteiger partial charge in [-0.3, -0.25) is 0 Å². The number of rotatable bonds is 2. The minimum atomic E-state index is 0.196. The van der Waals surface area contributed by atoms with Crippen LogP contribution >= 0.6 is 34.8 Å². The molecule has 1 aromatic carbocycles. The molecule has 2 rings (SSSR count). The van der Waals surface area contributed by atoms with E-state index in [0.29, 0.717) is 27.3 Å². The van der Waals surface area contributed by atoms with E-state index >= 15 is 0 Å². The Labute approximate surface area is 101 Å². The van der Waals surface area contributed by atoms with Crippen LogP contribution < -0.4 is 0 Å². The minimum Gasteiger partial charge on any atom is -0.334 e. The van der Waals surface area contributed by atoms with Gasteiger partial charge in [0.1, 0.15) is 0 Å². The lowest BCUT2D eigenvalue weighted by atomic mass is 10.2. The summed E-state index contributed by atoms with van der Waals surface area (Å²) in [6.45, 7) is 0. The number of hydrogen-bond acceptors (Lipinski definition) is 3. The van der Waals surface area contributed by atoms with Crippen molar-refractivity contribution in [2.45, 2.75) is 5.88 Å². The van der Waals surface area contributed by atoms with E-state index in [1.165, 1.54) is 0 Å². The summed E-state index contributed by atoms with van der Waals surface area (Å²) >= 11 is 17.4. The van der Waals surface area contributed by atoms with Crippen molar-refractivity contribution in [2.75, 3.05) is 0 Å². The molecule has 6 heteroatoms. The van der Waals surface area contributed by atoms with Gasteiger partial charge in [-0.05, 0) is 12.1 Å². The van der Waals surface area contributed by atoms with Crippen LogP contribution in [0.15, 0.2) is 22.7 Å². The van der Waals surface area contributed by atoms with Gasteiger partial charge in [-0.2, -0.15) is 4.98 Å². The number of alkyl halides is 1. The molecule has 0 aliphatic heterocycles. The van der Waals surface area contributed by atoms with Gasteiger partial charge in [-0.1, -0.05) is 34.4 Å². The molecular weight excluding hydrogens is 258 g/mol. The Morgan fingerprint density at radius 1 is 1.27 bits per heavy atom. The average molecular weight is 264 g/mol. The first-order valence-electron chi connectivity index (χ1n) is 4.05. The number of benzene rings is 1. The van der Waals surface area contributed by atoms with Crippen LogP contribution in [0.1, 0.15) is 5.82 Å². The first-order valence-corrected chi connectivity index (χ1v) is 5.34. The van der Waals surface area contributed by atoms with Crippen LogP contribution in [0, 0.1) is 0 Å². The zero-order valence-electron chi connectivity index (χ0n) is 7.38. The summed E-state index contributed by atoms with van der Waals surface area (Å²) < 4.78 is 4.99. The first kappa shape index (κ1) is 10.7. The third-order valence-electron chi connectivity index (χ3n) is 1.77. The molecule has 0 aliphatic rings. The smallest absolute Gasteiger partial charge is 0.259 e. The van der Waals surface area contributed by atoms with E-state index in [4.69, 9.17) is 39.3 Å². The van der Waals surface area contributed by atoms with Crippen molar-refractivity contribution in [2.24, 2.45) is 0 Å². The second-order valence-corrected chi connectivity index (χ2v) is 3.80. The second-order valence-electron chi connectivity index (χ2n) is 2.75. The summed E-state index contributed by atoms with van der Waals surface area (Å²) in [6.07, 6.45) is 0. The molecule has 0 spiro atoms. The maximum absolute atomic E-state index is 5.99. The largest absolute Gasteiger partial charge is 0.334 e. The lowest BCUT2D eigenvalue weighted by Gasteiger charge is -1.99. The highest BCUT2D eigenvalue weighted by Crippen LogP contribution is 2.32. The van der Waals surface area contributed by atoms with Crippen LogP contribution in [0.3, 0.4) is 0 Å². The zero-order chi connectivity index (χ0) is 10.8. The molecule has 0 radical (unpaired) electrons. The molecule has 0 aliphatic carbocycles. The van der Waals surface area contributed by atoms with E-state index < -0.39 is 0 Å². The van der Waals surface area contributed by atoms with Crippen LogP contribution in [0.4, 0.5) is 0 Å². The predicted molar refractivity (Wildman–Crippen MR) is 59.3 cm³/mol. The summed E-state index contributed by atoms with van der Waals surface area (Å²) in [6, 6.07) is 5.19. The second kappa shape index (κ2) is 4.39. The SMILES string of the molecule is ClCc1noc(-c2cccc(Cl)c2Cl)n1. The van der Waals surface area contributed by atoms with Crippen molar-refractivity contribution in [1.29, 1.82) is 0 Å². The highest BCUT2D eigenvalue weighted by Gasteiger charge is 2.13. The fraction of sp³-hybridized carbons (Fsp3) is 0.111. The van der Waals surface area contributed by atoms with Crippen molar-refractivity contribution in [1.82, 2.24) is 10.1 Å². The van der Waals surface area contributed by atoms with E-state index in [1.54, 1.807) is 18.2 Å². The third-order valence-corrected chi connectivity index (χ3v) is 2.83. The molecule has 0 saturated carbocycles. The minimum absolute atomic E-state index is 0.196. The van der Waals surface area contributed by atoms with Gasteiger partial charge in [0.05, 0.1) is 21.5 Å². The Hall–Kier alpha value is -0.770. The van der Waals surface area contributed by atoms with Crippen molar-refractivity contribution < 1.29 is 4.52 Å². The Kier molecular flexibility index (Phi) is 3.14. The van der Waals surface area contributed by atoms with Crippen LogP contribution in [-0.2, 0) is 5.88 Å². The molecule has 0 unspecified atom stereocenters. The van der Waals surface area contributed by atoms with E-state index in [1.807, 2.05) is 0 Å². The van der Waals surface area contributed by atoms with E-state index in [-0.39, 0.29) is 5.88 Å². The zero-order valence-corrected chi connectivity index (χ0v) is 9.64. The Morgan fingerprint density at radius 3 is 2.73 bits per heavy atom. The monoisotopic (exact) mass is 262 g/mol. The normalized spacial score (nSPS) is 10.6. The number of aromatic nitrogens is 2. The lowest BCUT2D eigenvalue weighted by molar-refractivity contribution is 0.425. The van der Waals surface area contributed by atoms with Gasteiger partial charge in [-0.25, -0.2) is 0 Å². The van der Waals surface area contributed by atoms with E-state index in [9.17, 15) is 0 Å². The van der Waals surface area contributed by atoms with Gasteiger partial charge in [0.15, 0.2) is 5.82 Å². The predicted octanol–water partition coefficient (Wildman–Crippen LogP) is 3.78. The van der Waals surface area contributed by atoms with Crippen molar-refractivity contribution >= 4 is 34.8 Å². The maximum Gasteiger partial charge on any atom is 0.259 e. The summed E-state index contributed by atoms with van der Waals surface area (Å²) in [4.78, 5) is 4.05. The highest BCUT2D eigenvalue weighted by atomic mass is 35.5. The lowest BCUT2D eigenvalue weighted by Crippen LogP contribution is -1.82. The fourth-order valence-corrected chi connectivity index (χ4v) is 1.58. The first-order chi connectivity index (χ1) is 7.22. The van der Waals surface area contributed by atoms with Gasteiger partial charge >= 0.3 is 0 Å². The van der Waals surface area contributed by atoms with Crippen molar-refractivity contribution in [3.63, 3.8) is 0 Å². The van der Waals surface area contributed by atoms with Crippen LogP contribution in [0.25, 0.3) is 11.5 Å². The van der Waals surface area contributed by atoms with Gasteiger partial charge in [0, 0.05) is 0 Å². The highest BCUT2D eigenvalue weighted by molar-refractivity contribution is 6.43. The van der Waals surface area contributed by atoms with E-state index in [0.717, 1.165) is 0 Å². The van der Waals surface area contributed by atoms with Crippen molar-refractivity contribution in [3.8, 4) is 11.5 Å². The summed E-state index contributed by atoms with van der Waals surface area (Å²) in [5.41, 5.74) is 0.605. The molecule has 15 heavy (non-hydrogen) atoms. The van der Waals surface area contributed by atoms with Crippen LogP contribution in [0.2, 0.25) is 10.0 Å². The number of halogens is 3. The Morgan fingerprint density at radius 2 is 2.07 bits per heavy atom. The molecule has 1 heterocycles. The Balaban J connectivity index is 2.49. The average Bonchev–Trinajstić information content (AvgIpc) is 2.70. The van der Waals surface area contributed by atoms with Gasteiger partial charge in [0.2, 0.25) is 0 Å². The molecule has 0 fully saturated rings. The molecule has 2 aromatic rings. The van der Waals surface area contributed by atoms with Crippen LogP contribution in [0.5, 0.6) is 0 Å². The topological polar surface area (TPSA) is 38.9 Å². The maximum atomic E-state index is 5.99.